The zero-order valence-corrected chi connectivity index (χ0v) is 10.3. The van der Waals surface area contributed by atoms with E-state index in [0.29, 0.717) is 5.69 Å². The summed E-state index contributed by atoms with van der Waals surface area (Å²) in [4.78, 5) is 0. The summed E-state index contributed by atoms with van der Waals surface area (Å²) in [6.07, 6.45) is 4.96. The largest absolute Gasteiger partial charge is 0.416 e. The minimum atomic E-state index is -4.32. The summed E-state index contributed by atoms with van der Waals surface area (Å²) in [5.74, 6) is 0.974. The smallest absolute Gasteiger partial charge is 0.237 e. The van der Waals surface area contributed by atoms with E-state index in [2.05, 4.69) is 5.10 Å². The molecule has 1 aromatic heterocycles. The van der Waals surface area contributed by atoms with Crippen LogP contribution in [0, 0.1) is 31.6 Å². The van der Waals surface area contributed by atoms with E-state index in [9.17, 15) is 13.2 Å². The van der Waals surface area contributed by atoms with Crippen LogP contribution in [0.4, 0.5) is 13.2 Å². The van der Waals surface area contributed by atoms with Gasteiger partial charge in [-0.2, -0.15) is 18.3 Å². The SMILES string of the molecule is FC(F)(F)c1ccc(-n2nccc2[C]2[CH][CH][CH][CH]2)cc1. The Labute approximate surface area is 115 Å². The van der Waals surface area contributed by atoms with Gasteiger partial charge in [0.15, 0.2) is 0 Å². The quantitative estimate of drug-likeness (QED) is 0.818. The van der Waals surface area contributed by atoms with Crippen LogP contribution >= 0.6 is 0 Å². The fraction of sp³-hybridized carbons (Fsp3) is 0.0667. The lowest BCUT2D eigenvalue weighted by Gasteiger charge is -2.13. The molecule has 1 heterocycles. The predicted octanol–water partition coefficient (Wildman–Crippen LogP) is 3.64. The van der Waals surface area contributed by atoms with E-state index in [1.807, 2.05) is 31.7 Å². The molecule has 0 spiro atoms. The lowest BCUT2D eigenvalue weighted by atomic mass is 10.0. The first-order chi connectivity index (χ1) is 9.55. The molecule has 3 rings (SSSR count). The van der Waals surface area contributed by atoms with Crippen molar-refractivity contribution in [2.45, 2.75) is 6.18 Å². The summed E-state index contributed by atoms with van der Waals surface area (Å²) in [6, 6.07) is 6.79. The summed E-state index contributed by atoms with van der Waals surface area (Å²) in [5, 5.41) is 4.17. The van der Waals surface area contributed by atoms with Crippen molar-refractivity contribution in [3.63, 3.8) is 0 Å². The van der Waals surface area contributed by atoms with Crippen LogP contribution in [0.2, 0.25) is 0 Å². The molecule has 1 fully saturated rings. The molecule has 5 radical (unpaired) electrons. The number of nitrogens with zero attached hydrogens (tertiary/aromatic N) is 2. The van der Waals surface area contributed by atoms with E-state index in [1.54, 1.807) is 10.9 Å². The Balaban J connectivity index is 1.92. The van der Waals surface area contributed by atoms with Crippen molar-refractivity contribution in [3.8, 4) is 5.69 Å². The number of hydrogen-bond donors (Lipinski definition) is 0. The Morgan fingerprint density at radius 2 is 1.55 bits per heavy atom. The Kier molecular flexibility index (Phi) is 3.28. The van der Waals surface area contributed by atoms with Crippen molar-refractivity contribution in [3.05, 3.63) is 79.4 Å². The fourth-order valence-corrected chi connectivity index (χ4v) is 2.06. The molecule has 1 aliphatic rings. The Bertz CT molecular complexity index is 578. The molecule has 20 heavy (non-hydrogen) atoms. The molecule has 101 valence electrons. The molecule has 1 saturated carbocycles. The molecule has 0 amide bonds. The third-order valence-corrected chi connectivity index (χ3v) is 3.04. The maximum Gasteiger partial charge on any atom is 0.416 e. The minimum absolute atomic E-state index is 0.596. The van der Waals surface area contributed by atoms with Gasteiger partial charge in [-0.1, -0.05) is 0 Å². The first-order valence-corrected chi connectivity index (χ1v) is 5.99. The second-order valence-electron chi connectivity index (χ2n) is 4.35. The maximum absolute atomic E-state index is 12.5. The molecule has 0 atom stereocenters. The van der Waals surface area contributed by atoms with Crippen LogP contribution in [0.25, 0.3) is 5.69 Å². The maximum atomic E-state index is 12.5. The lowest BCUT2D eigenvalue weighted by molar-refractivity contribution is -0.137. The van der Waals surface area contributed by atoms with E-state index < -0.39 is 11.7 Å². The third kappa shape index (κ3) is 2.44. The topological polar surface area (TPSA) is 17.8 Å². The van der Waals surface area contributed by atoms with Crippen LogP contribution < -0.4 is 0 Å². The Morgan fingerprint density at radius 1 is 0.900 bits per heavy atom. The molecule has 2 aromatic rings. The third-order valence-electron chi connectivity index (χ3n) is 3.04. The van der Waals surface area contributed by atoms with Crippen LogP contribution in [0.5, 0.6) is 0 Å². The second kappa shape index (κ2) is 4.96. The number of aromatic nitrogens is 2. The van der Waals surface area contributed by atoms with Gasteiger partial charge in [0.2, 0.25) is 0 Å². The highest BCUT2D eigenvalue weighted by Gasteiger charge is 2.30. The first kappa shape index (κ1) is 13.2. The van der Waals surface area contributed by atoms with E-state index in [1.165, 1.54) is 12.1 Å². The van der Waals surface area contributed by atoms with Crippen molar-refractivity contribution in [1.29, 1.82) is 0 Å². The van der Waals surface area contributed by atoms with E-state index in [0.717, 1.165) is 23.7 Å². The van der Waals surface area contributed by atoms with Gasteiger partial charge in [-0.05, 0) is 56.0 Å². The Morgan fingerprint density at radius 3 is 2.15 bits per heavy atom. The molecule has 1 aliphatic carbocycles. The van der Waals surface area contributed by atoms with Gasteiger partial charge in [-0.25, -0.2) is 4.68 Å². The molecule has 0 N–H and O–H groups in total. The highest BCUT2D eigenvalue weighted by atomic mass is 19.4. The molecule has 0 bridgehead atoms. The minimum Gasteiger partial charge on any atom is -0.237 e. The highest BCUT2D eigenvalue weighted by molar-refractivity contribution is 5.49. The van der Waals surface area contributed by atoms with Crippen LogP contribution in [-0.4, -0.2) is 9.78 Å². The van der Waals surface area contributed by atoms with Gasteiger partial charge in [0.25, 0.3) is 0 Å². The van der Waals surface area contributed by atoms with Gasteiger partial charge in [0.05, 0.1) is 16.9 Å². The van der Waals surface area contributed by atoms with Crippen LogP contribution in [0.1, 0.15) is 11.3 Å². The molecule has 1 aromatic carbocycles. The summed E-state index contributed by atoms with van der Waals surface area (Å²) in [7, 11) is 0. The van der Waals surface area contributed by atoms with Gasteiger partial charge in [0.1, 0.15) is 0 Å². The van der Waals surface area contributed by atoms with Gasteiger partial charge in [-0.3, -0.25) is 0 Å². The zero-order chi connectivity index (χ0) is 14.2. The monoisotopic (exact) mass is 275 g/mol. The van der Waals surface area contributed by atoms with E-state index in [-0.39, 0.29) is 0 Å². The van der Waals surface area contributed by atoms with E-state index in [4.69, 9.17) is 0 Å². The number of alkyl halides is 3. The van der Waals surface area contributed by atoms with E-state index >= 15 is 0 Å². The zero-order valence-electron chi connectivity index (χ0n) is 10.3. The van der Waals surface area contributed by atoms with Gasteiger partial charge in [-0.15, -0.1) is 0 Å². The average Bonchev–Trinajstić information content (AvgIpc) is 3.08. The lowest BCUT2D eigenvalue weighted by Crippen LogP contribution is -2.08. The Hall–Kier alpha value is -1.78. The van der Waals surface area contributed by atoms with Crippen molar-refractivity contribution < 1.29 is 13.2 Å². The summed E-state index contributed by atoms with van der Waals surface area (Å²) < 4.78 is 39.2. The van der Waals surface area contributed by atoms with Gasteiger partial charge < -0.3 is 0 Å². The highest BCUT2D eigenvalue weighted by Crippen LogP contribution is 2.32. The van der Waals surface area contributed by atoms with Crippen molar-refractivity contribution in [2.24, 2.45) is 0 Å². The van der Waals surface area contributed by atoms with Crippen molar-refractivity contribution in [1.82, 2.24) is 9.78 Å². The summed E-state index contributed by atoms with van der Waals surface area (Å²) >= 11 is 0. The average molecular weight is 275 g/mol. The number of rotatable bonds is 2. The fourth-order valence-electron chi connectivity index (χ4n) is 2.06. The molecular weight excluding hydrogens is 265 g/mol. The summed E-state index contributed by atoms with van der Waals surface area (Å²) in [6.45, 7) is 0. The van der Waals surface area contributed by atoms with Crippen molar-refractivity contribution >= 4 is 0 Å². The standard InChI is InChI=1S/C15H10F3N2/c16-15(17,18)12-5-7-13(8-6-12)20-14(9-10-19-20)11-3-1-2-4-11/h1-10H. The van der Waals surface area contributed by atoms with Crippen LogP contribution in [0.3, 0.4) is 0 Å². The second-order valence-corrected chi connectivity index (χ2v) is 4.35. The number of hydrogen-bond acceptors (Lipinski definition) is 1. The molecular formula is C15H10F3N2. The van der Waals surface area contributed by atoms with Crippen molar-refractivity contribution in [2.75, 3.05) is 0 Å². The predicted molar refractivity (Wildman–Crippen MR) is 68.1 cm³/mol. The molecule has 0 saturated heterocycles. The van der Waals surface area contributed by atoms with Gasteiger partial charge in [0, 0.05) is 12.1 Å². The molecule has 0 aliphatic heterocycles. The summed E-state index contributed by atoms with van der Waals surface area (Å²) in [5.41, 5.74) is 0.775. The normalized spacial score (nSPS) is 16.8. The molecule has 0 unspecified atom stereocenters. The molecule has 5 heteroatoms. The van der Waals surface area contributed by atoms with Crippen LogP contribution in [0.15, 0.2) is 36.5 Å². The number of benzene rings is 1. The number of halogens is 3. The first-order valence-electron chi connectivity index (χ1n) is 5.99. The molecule has 2 nitrogen and oxygen atoms in total. The van der Waals surface area contributed by atoms with Crippen LogP contribution in [-0.2, 0) is 6.18 Å². The van der Waals surface area contributed by atoms with Gasteiger partial charge >= 0.3 is 6.18 Å².